The number of hydrogen-bond donors (Lipinski definition) is 2. The van der Waals surface area contributed by atoms with Crippen molar-refractivity contribution in [3.63, 3.8) is 0 Å². The van der Waals surface area contributed by atoms with Gasteiger partial charge >= 0.3 is 0 Å². The van der Waals surface area contributed by atoms with Gasteiger partial charge in [0.1, 0.15) is 0 Å². The fourth-order valence-corrected chi connectivity index (χ4v) is 4.77. The largest absolute Gasteiger partial charge is 0.504 e. The Morgan fingerprint density at radius 3 is 2.82 bits per heavy atom. The Kier molecular flexibility index (Phi) is 4.11. The average molecular weight is 304 g/mol. The molecule has 0 aliphatic heterocycles. The van der Waals surface area contributed by atoms with E-state index in [1.54, 1.807) is 7.11 Å². The van der Waals surface area contributed by atoms with Gasteiger partial charge in [0.25, 0.3) is 0 Å². The zero-order chi connectivity index (χ0) is 15.9. The minimum Gasteiger partial charge on any atom is -0.504 e. The number of aromatic hydroxyl groups is 1. The molecule has 3 heteroatoms. The molecule has 3 nitrogen and oxygen atoms in total. The lowest BCUT2D eigenvalue weighted by Crippen LogP contribution is -2.40. The molecule has 22 heavy (non-hydrogen) atoms. The van der Waals surface area contributed by atoms with Crippen LogP contribution in [0, 0.1) is 11.3 Å². The summed E-state index contributed by atoms with van der Waals surface area (Å²) in [5, 5.41) is 20.4. The molecule has 4 atom stereocenters. The second kappa shape index (κ2) is 5.77. The van der Waals surface area contributed by atoms with E-state index >= 15 is 0 Å². The van der Waals surface area contributed by atoms with Crippen LogP contribution in [0.3, 0.4) is 0 Å². The number of aryl methyl sites for hydroxylation is 1. The van der Waals surface area contributed by atoms with Crippen molar-refractivity contribution in [2.75, 3.05) is 7.11 Å². The van der Waals surface area contributed by atoms with E-state index in [1.807, 2.05) is 12.1 Å². The van der Waals surface area contributed by atoms with E-state index in [1.165, 1.54) is 11.1 Å². The first-order valence-corrected chi connectivity index (χ1v) is 8.56. The maximum atomic E-state index is 10.4. The second-order valence-electron chi connectivity index (χ2n) is 7.45. The second-order valence-corrected chi connectivity index (χ2v) is 7.45. The first-order valence-electron chi connectivity index (χ1n) is 8.56. The lowest BCUT2D eigenvalue weighted by atomic mass is 9.58. The van der Waals surface area contributed by atoms with Gasteiger partial charge in [-0.3, -0.25) is 0 Å². The van der Waals surface area contributed by atoms with E-state index in [2.05, 4.69) is 13.8 Å². The van der Waals surface area contributed by atoms with Crippen molar-refractivity contribution < 1.29 is 14.9 Å². The molecule has 0 amide bonds. The number of aliphatic hydroxyl groups is 1. The molecule has 2 aliphatic carbocycles. The SMILES string of the molecule is CCC(O)[C@@]1(C)CCC2c3cc(OC)c(O)cc3CCC2C1. The van der Waals surface area contributed by atoms with Gasteiger partial charge in [-0.15, -0.1) is 0 Å². The summed E-state index contributed by atoms with van der Waals surface area (Å²) in [6, 6.07) is 3.93. The van der Waals surface area contributed by atoms with Crippen molar-refractivity contribution >= 4 is 0 Å². The number of fused-ring (bicyclic) bond motifs is 3. The van der Waals surface area contributed by atoms with Crippen molar-refractivity contribution in [2.45, 2.75) is 64.4 Å². The minimum absolute atomic E-state index is 0.0639. The highest BCUT2D eigenvalue weighted by atomic mass is 16.5. The third-order valence-electron chi connectivity index (χ3n) is 6.14. The van der Waals surface area contributed by atoms with Gasteiger partial charge in [-0.05, 0) is 79.0 Å². The number of phenols is 1. The molecule has 3 unspecified atom stereocenters. The molecular formula is C19H28O3. The third kappa shape index (κ3) is 2.50. The Morgan fingerprint density at radius 2 is 2.14 bits per heavy atom. The van der Waals surface area contributed by atoms with E-state index in [0.717, 1.165) is 38.5 Å². The van der Waals surface area contributed by atoms with Gasteiger partial charge < -0.3 is 14.9 Å². The lowest BCUT2D eigenvalue weighted by Gasteiger charge is -2.47. The number of hydrogen-bond acceptors (Lipinski definition) is 3. The van der Waals surface area contributed by atoms with Gasteiger partial charge in [-0.2, -0.15) is 0 Å². The molecule has 0 heterocycles. The first-order chi connectivity index (χ1) is 10.5. The van der Waals surface area contributed by atoms with E-state index < -0.39 is 0 Å². The molecule has 1 saturated carbocycles. The number of benzene rings is 1. The standard InChI is InChI=1S/C19H28O3/c1-4-18(21)19(2)8-7-14-13(11-19)6-5-12-9-16(20)17(22-3)10-15(12)14/h9-10,13-14,18,20-21H,4-8,11H2,1-3H3/t13?,14?,18?,19-/m0/s1. The third-order valence-corrected chi connectivity index (χ3v) is 6.14. The van der Waals surface area contributed by atoms with Gasteiger partial charge in [0, 0.05) is 0 Å². The van der Waals surface area contributed by atoms with Crippen LogP contribution in [-0.4, -0.2) is 23.4 Å². The smallest absolute Gasteiger partial charge is 0.160 e. The van der Waals surface area contributed by atoms with Crippen LogP contribution in [0.4, 0.5) is 0 Å². The van der Waals surface area contributed by atoms with Crippen LogP contribution in [0.25, 0.3) is 0 Å². The summed E-state index contributed by atoms with van der Waals surface area (Å²) in [6.45, 7) is 4.33. The maximum Gasteiger partial charge on any atom is 0.160 e. The predicted molar refractivity (Wildman–Crippen MR) is 87.5 cm³/mol. The molecule has 0 aromatic heterocycles. The Bertz CT molecular complexity index is 554. The molecule has 0 radical (unpaired) electrons. The van der Waals surface area contributed by atoms with Gasteiger partial charge in [0.05, 0.1) is 13.2 Å². The topological polar surface area (TPSA) is 49.7 Å². The van der Waals surface area contributed by atoms with Crippen molar-refractivity contribution in [1.82, 2.24) is 0 Å². The van der Waals surface area contributed by atoms with Crippen molar-refractivity contribution in [1.29, 1.82) is 0 Å². The number of rotatable bonds is 3. The molecule has 1 aromatic rings. The monoisotopic (exact) mass is 304 g/mol. The summed E-state index contributed by atoms with van der Waals surface area (Å²) in [5.41, 5.74) is 2.70. The highest BCUT2D eigenvalue weighted by Crippen LogP contribution is 2.53. The lowest BCUT2D eigenvalue weighted by molar-refractivity contribution is -0.0174. The molecule has 0 saturated heterocycles. The average Bonchev–Trinajstić information content (AvgIpc) is 2.52. The summed E-state index contributed by atoms with van der Waals surface area (Å²) in [6.07, 6.45) is 6.14. The molecule has 3 rings (SSSR count). The Balaban J connectivity index is 1.88. The van der Waals surface area contributed by atoms with Crippen molar-refractivity contribution in [3.05, 3.63) is 23.3 Å². The number of aliphatic hydroxyl groups excluding tert-OH is 1. The fraction of sp³-hybridized carbons (Fsp3) is 0.684. The summed E-state index contributed by atoms with van der Waals surface area (Å²) in [4.78, 5) is 0. The van der Waals surface area contributed by atoms with Crippen LogP contribution < -0.4 is 4.74 Å². The highest BCUT2D eigenvalue weighted by molar-refractivity contribution is 5.49. The fourth-order valence-electron chi connectivity index (χ4n) is 4.77. The zero-order valence-electron chi connectivity index (χ0n) is 13.9. The molecule has 1 fully saturated rings. The van der Waals surface area contributed by atoms with E-state index in [0.29, 0.717) is 17.6 Å². The molecule has 1 aromatic carbocycles. The van der Waals surface area contributed by atoms with Crippen LogP contribution in [0.5, 0.6) is 11.5 Å². The van der Waals surface area contributed by atoms with E-state index in [4.69, 9.17) is 4.74 Å². The summed E-state index contributed by atoms with van der Waals surface area (Å²) in [7, 11) is 1.61. The van der Waals surface area contributed by atoms with Gasteiger partial charge in [-0.25, -0.2) is 0 Å². The summed E-state index contributed by atoms with van der Waals surface area (Å²) in [5.74, 6) is 2.03. The van der Waals surface area contributed by atoms with Crippen molar-refractivity contribution in [3.8, 4) is 11.5 Å². The van der Waals surface area contributed by atoms with Gasteiger partial charge in [0.2, 0.25) is 0 Å². The molecular weight excluding hydrogens is 276 g/mol. The zero-order valence-corrected chi connectivity index (χ0v) is 13.9. The molecule has 122 valence electrons. The van der Waals surface area contributed by atoms with Crippen LogP contribution in [0.1, 0.15) is 63.0 Å². The van der Waals surface area contributed by atoms with Crippen LogP contribution in [-0.2, 0) is 6.42 Å². The highest BCUT2D eigenvalue weighted by Gasteiger charge is 2.43. The Morgan fingerprint density at radius 1 is 1.36 bits per heavy atom. The van der Waals surface area contributed by atoms with Gasteiger partial charge in [-0.1, -0.05) is 13.8 Å². The van der Waals surface area contributed by atoms with Crippen LogP contribution in [0.15, 0.2) is 12.1 Å². The molecule has 2 N–H and O–H groups in total. The van der Waals surface area contributed by atoms with E-state index in [-0.39, 0.29) is 17.3 Å². The molecule has 0 bridgehead atoms. The first kappa shape index (κ1) is 15.7. The summed E-state index contributed by atoms with van der Waals surface area (Å²) < 4.78 is 5.30. The van der Waals surface area contributed by atoms with Crippen LogP contribution >= 0.6 is 0 Å². The number of ether oxygens (including phenoxy) is 1. The quantitative estimate of drug-likeness (QED) is 0.887. The molecule has 2 aliphatic rings. The van der Waals surface area contributed by atoms with Crippen LogP contribution in [0.2, 0.25) is 0 Å². The normalized spacial score (nSPS) is 32.0. The van der Waals surface area contributed by atoms with Gasteiger partial charge in [0.15, 0.2) is 11.5 Å². The number of phenolic OH excluding ortho intramolecular Hbond substituents is 1. The maximum absolute atomic E-state index is 10.4. The number of methoxy groups -OCH3 is 1. The Hall–Kier alpha value is -1.22. The predicted octanol–water partition coefficient (Wildman–Crippen LogP) is 4.01. The van der Waals surface area contributed by atoms with E-state index in [9.17, 15) is 10.2 Å². The Labute approximate surface area is 133 Å². The van der Waals surface area contributed by atoms with Crippen molar-refractivity contribution in [2.24, 2.45) is 11.3 Å². The summed E-state index contributed by atoms with van der Waals surface area (Å²) >= 11 is 0. The minimum atomic E-state index is -0.191. The molecule has 0 spiro atoms.